The van der Waals surface area contributed by atoms with Crippen molar-refractivity contribution < 1.29 is 13.2 Å². The van der Waals surface area contributed by atoms with E-state index in [1.165, 1.54) is 30.6 Å². The van der Waals surface area contributed by atoms with E-state index in [-0.39, 0.29) is 0 Å². The number of rotatable bonds is 5. The zero-order valence-electron chi connectivity index (χ0n) is 12.1. The summed E-state index contributed by atoms with van der Waals surface area (Å²) in [5.74, 6) is 0.801. The van der Waals surface area contributed by atoms with Crippen molar-refractivity contribution in [3.05, 3.63) is 0 Å². The minimum absolute atomic E-state index is 0.546. The highest BCUT2D eigenvalue weighted by molar-refractivity contribution is 4.75. The summed E-state index contributed by atoms with van der Waals surface area (Å²) in [4.78, 5) is 3.82. The number of nitrogens with one attached hydrogen (secondary N) is 1. The van der Waals surface area contributed by atoms with Gasteiger partial charge in [-0.25, -0.2) is 0 Å². The molecule has 3 nitrogen and oxygen atoms in total. The van der Waals surface area contributed by atoms with Crippen LogP contribution in [0.25, 0.3) is 0 Å². The highest BCUT2D eigenvalue weighted by atomic mass is 19.4. The number of hydrogen-bond acceptors (Lipinski definition) is 3. The molecular weight excluding hydrogens is 267 g/mol. The van der Waals surface area contributed by atoms with E-state index >= 15 is 0 Å². The molecule has 0 aromatic heterocycles. The summed E-state index contributed by atoms with van der Waals surface area (Å²) in [7, 11) is 0. The Hall–Kier alpha value is -0.330. The Morgan fingerprint density at radius 1 is 1.05 bits per heavy atom. The smallest absolute Gasteiger partial charge is 0.316 e. The molecule has 0 aliphatic carbocycles. The summed E-state index contributed by atoms with van der Waals surface area (Å²) in [6.45, 7) is 5.22. The molecule has 0 aromatic rings. The third-order valence-electron chi connectivity index (χ3n) is 4.35. The van der Waals surface area contributed by atoms with Gasteiger partial charge in [0.05, 0.1) is 6.54 Å². The molecule has 6 heteroatoms. The van der Waals surface area contributed by atoms with Crippen LogP contribution < -0.4 is 5.32 Å². The van der Waals surface area contributed by atoms with Crippen LogP contribution in [0.3, 0.4) is 0 Å². The van der Waals surface area contributed by atoms with E-state index in [2.05, 4.69) is 10.2 Å². The predicted octanol–water partition coefficient (Wildman–Crippen LogP) is 1.95. The summed E-state index contributed by atoms with van der Waals surface area (Å²) in [5, 5.41) is 3.42. The van der Waals surface area contributed by atoms with Gasteiger partial charge in [0.2, 0.25) is 0 Å². The Labute approximate surface area is 119 Å². The zero-order chi connectivity index (χ0) is 14.4. The van der Waals surface area contributed by atoms with Crippen molar-refractivity contribution in [2.24, 2.45) is 5.92 Å². The molecule has 0 spiro atoms. The van der Waals surface area contributed by atoms with Crippen LogP contribution >= 0.6 is 0 Å². The van der Waals surface area contributed by atoms with Gasteiger partial charge in [-0.3, -0.25) is 4.90 Å². The van der Waals surface area contributed by atoms with Gasteiger partial charge in [0.1, 0.15) is 0 Å². The normalized spacial score (nSPS) is 26.9. The largest absolute Gasteiger partial charge is 0.401 e. The van der Waals surface area contributed by atoms with Crippen molar-refractivity contribution in [1.82, 2.24) is 15.1 Å². The highest BCUT2D eigenvalue weighted by Gasteiger charge is 2.31. The van der Waals surface area contributed by atoms with Gasteiger partial charge in [0.15, 0.2) is 0 Å². The quantitative estimate of drug-likeness (QED) is 0.836. The monoisotopic (exact) mass is 293 g/mol. The third kappa shape index (κ3) is 5.97. The second-order valence-corrected chi connectivity index (χ2v) is 6.09. The molecule has 2 aliphatic heterocycles. The van der Waals surface area contributed by atoms with Crippen molar-refractivity contribution in [3.63, 3.8) is 0 Å². The molecule has 20 heavy (non-hydrogen) atoms. The van der Waals surface area contributed by atoms with E-state index in [1.54, 1.807) is 0 Å². The number of halogens is 3. The van der Waals surface area contributed by atoms with Gasteiger partial charge >= 0.3 is 6.18 Å². The number of nitrogens with zero attached hydrogens (tertiary/aromatic N) is 2. The lowest BCUT2D eigenvalue weighted by molar-refractivity contribution is -0.149. The van der Waals surface area contributed by atoms with Crippen molar-refractivity contribution in [2.45, 2.75) is 31.9 Å². The van der Waals surface area contributed by atoms with Gasteiger partial charge in [-0.2, -0.15) is 13.2 Å². The number of piperazine rings is 1. The molecule has 2 heterocycles. The van der Waals surface area contributed by atoms with E-state index in [0.29, 0.717) is 13.1 Å². The molecule has 0 radical (unpaired) electrons. The van der Waals surface area contributed by atoms with Crippen molar-refractivity contribution >= 4 is 0 Å². The summed E-state index contributed by atoms with van der Waals surface area (Å²) < 4.78 is 36.9. The van der Waals surface area contributed by atoms with Crippen molar-refractivity contribution in [3.8, 4) is 0 Å². The molecule has 0 bridgehead atoms. The summed E-state index contributed by atoms with van der Waals surface area (Å²) in [6.07, 6.45) is 0.963. The van der Waals surface area contributed by atoms with E-state index in [9.17, 15) is 13.2 Å². The fourth-order valence-electron chi connectivity index (χ4n) is 3.20. The molecule has 2 saturated heterocycles. The average molecular weight is 293 g/mol. The maximum absolute atomic E-state index is 12.3. The predicted molar refractivity (Wildman–Crippen MR) is 73.8 cm³/mol. The van der Waals surface area contributed by atoms with Crippen LogP contribution in [-0.2, 0) is 0 Å². The Bertz CT molecular complexity index is 269. The summed E-state index contributed by atoms with van der Waals surface area (Å²) >= 11 is 0. The highest BCUT2D eigenvalue weighted by Crippen LogP contribution is 2.19. The first-order valence-corrected chi connectivity index (χ1v) is 7.75. The van der Waals surface area contributed by atoms with Crippen molar-refractivity contribution in [1.29, 1.82) is 0 Å². The maximum Gasteiger partial charge on any atom is 0.401 e. The number of alkyl halides is 3. The van der Waals surface area contributed by atoms with Gasteiger partial charge in [0, 0.05) is 26.2 Å². The Kier molecular flexibility index (Phi) is 6.11. The average Bonchev–Trinajstić information content (AvgIpc) is 2.40. The van der Waals surface area contributed by atoms with Gasteiger partial charge in [0.25, 0.3) is 0 Å². The van der Waals surface area contributed by atoms with Crippen LogP contribution in [0.15, 0.2) is 0 Å². The Morgan fingerprint density at radius 3 is 2.35 bits per heavy atom. The lowest BCUT2D eigenvalue weighted by Crippen LogP contribution is -2.49. The van der Waals surface area contributed by atoms with E-state index in [0.717, 1.165) is 38.6 Å². The van der Waals surface area contributed by atoms with Crippen LogP contribution in [0.5, 0.6) is 0 Å². The van der Waals surface area contributed by atoms with Crippen LogP contribution in [0, 0.1) is 5.92 Å². The molecule has 118 valence electrons. The minimum Gasteiger partial charge on any atom is -0.316 e. The number of hydrogen-bond donors (Lipinski definition) is 1. The van der Waals surface area contributed by atoms with Crippen molar-refractivity contribution in [2.75, 3.05) is 52.4 Å². The van der Waals surface area contributed by atoms with E-state index < -0.39 is 12.7 Å². The molecule has 0 saturated carbocycles. The lowest BCUT2D eigenvalue weighted by atomic mass is 9.94. The van der Waals surface area contributed by atoms with Gasteiger partial charge in [-0.1, -0.05) is 0 Å². The van der Waals surface area contributed by atoms with Crippen LogP contribution in [0.2, 0.25) is 0 Å². The number of piperidine rings is 1. The molecule has 2 rings (SSSR count). The first kappa shape index (κ1) is 16.0. The topological polar surface area (TPSA) is 18.5 Å². The van der Waals surface area contributed by atoms with Gasteiger partial charge in [-0.05, 0) is 51.2 Å². The molecule has 1 N–H and O–H groups in total. The first-order chi connectivity index (χ1) is 9.53. The van der Waals surface area contributed by atoms with Crippen LogP contribution in [-0.4, -0.2) is 68.3 Å². The van der Waals surface area contributed by atoms with Crippen LogP contribution in [0.1, 0.15) is 25.7 Å². The fourth-order valence-corrected chi connectivity index (χ4v) is 3.20. The Balaban J connectivity index is 1.55. The van der Waals surface area contributed by atoms with E-state index in [1.807, 2.05) is 0 Å². The van der Waals surface area contributed by atoms with Gasteiger partial charge in [-0.15, -0.1) is 0 Å². The lowest BCUT2D eigenvalue weighted by Gasteiger charge is -2.35. The second-order valence-electron chi connectivity index (χ2n) is 6.09. The minimum atomic E-state index is -4.06. The first-order valence-electron chi connectivity index (χ1n) is 7.75. The molecule has 2 aliphatic rings. The molecule has 2 fully saturated rings. The molecule has 1 atom stereocenters. The molecule has 0 amide bonds. The standard InChI is InChI=1S/C14H26F3N3/c15-14(16,17)12-20-9-7-19(8-10-20)6-2-4-13-3-1-5-18-11-13/h13,18H,1-12H2. The Morgan fingerprint density at radius 2 is 1.75 bits per heavy atom. The summed E-state index contributed by atoms with van der Waals surface area (Å²) in [5.41, 5.74) is 0. The molecule has 0 aromatic carbocycles. The SMILES string of the molecule is FC(F)(F)CN1CCN(CCCC2CCCNC2)CC1. The fraction of sp³-hybridized carbons (Fsp3) is 1.00. The third-order valence-corrected chi connectivity index (χ3v) is 4.35. The summed E-state index contributed by atoms with van der Waals surface area (Å²) in [6, 6.07) is 0. The second kappa shape index (κ2) is 7.61. The molecule has 1 unspecified atom stereocenters. The van der Waals surface area contributed by atoms with Gasteiger partial charge < -0.3 is 10.2 Å². The van der Waals surface area contributed by atoms with Crippen LogP contribution in [0.4, 0.5) is 13.2 Å². The van der Waals surface area contributed by atoms with E-state index in [4.69, 9.17) is 0 Å². The zero-order valence-corrected chi connectivity index (χ0v) is 12.1. The maximum atomic E-state index is 12.3. The molecular formula is C14H26F3N3.